The third-order valence-corrected chi connectivity index (χ3v) is 4.92. The van der Waals surface area contributed by atoms with Crippen molar-refractivity contribution in [1.82, 2.24) is 14.7 Å². The maximum Gasteiger partial charge on any atom is 0.407 e. The molecular weight excluding hydrogens is 336 g/mol. The Morgan fingerprint density at radius 2 is 2.21 bits per heavy atom. The minimum Gasteiger partial charge on any atom is -0.465 e. The van der Waals surface area contributed by atoms with Gasteiger partial charge in [-0.2, -0.15) is 9.78 Å². The van der Waals surface area contributed by atoms with Gasteiger partial charge in [0.1, 0.15) is 5.02 Å². The van der Waals surface area contributed by atoms with Crippen molar-refractivity contribution >= 4 is 23.4 Å². The van der Waals surface area contributed by atoms with E-state index in [0.29, 0.717) is 31.9 Å². The lowest BCUT2D eigenvalue weighted by molar-refractivity contribution is -0.0424. The number of carboxylic acid groups (broad SMARTS) is 1. The summed E-state index contributed by atoms with van der Waals surface area (Å²) >= 11 is 6.31. The van der Waals surface area contributed by atoms with Crippen molar-refractivity contribution in [2.45, 2.75) is 38.5 Å². The molecule has 2 fully saturated rings. The molecule has 0 spiro atoms. The van der Waals surface area contributed by atoms with Crippen LogP contribution in [0.25, 0.3) is 0 Å². The molecule has 0 saturated carbocycles. The van der Waals surface area contributed by atoms with Crippen LogP contribution in [0.5, 0.6) is 0 Å². The summed E-state index contributed by atoms with van der Waals surface area (Å²) in [7, 11) is 0. The number of halogens is 1. The van der Waals surface area contributed by atoms with Gasteiger partial charge in [0, 0.05) is 32.3 Å². The number of hydrogen-bond acceptors (Lipinski definition) is 5. The molecular formula is C15H21ClN4O4. The van der Waals surface area contributed by atoms with Crippen LogP contribution in [0.15, 0.2) is 11.0 Å². The fourth-order valence-corrected chi connectivity index (χ4v) is 3.49. The van der Waals surface area contributed by atoms with Crippen LogP contribution in [-0.4, -0.2) is 58.2 Å². The van der Waals surface area contributed by atoms with Crippen molar-refractivity contribution in [2.75, 3.05) is 31.1 Å². The molecule has 2 aliphatic heterocycles. The van der Waals surface area contributed by atoms with Gasteiger partial charge in [-0.15, -0.1) is 0 Å². The van der Waals surface area contributed by atoms with Crippen LogP contribution in [0.3, 0.4) is 0 Å². The van der Waals surface area contributed by atoms with Gasteiger partial charge in [0.15, 0.2) is 6.23 Å². The van der Waals surface area contributed by atoms with E-state index in [0.717, 1.165) is 19.3 Å². The standard InChI is InChI=1S/C15H21ClN4O4/c1-10-9-18(15(22)23)5-6-19(10)11-8-17-20(14(21)13(11)16)12-4-2-3-7-24-12/h8,10,12H,2-7,9H2,1H3,(H,22,23)/t10-,12?/m1/s1. The van der Waals surface area contributed by atoms with E-state index < -0.39 is 6.09 Å². The molecule has 1 aromatic rings. The van der Waals surface area contributed by atoms with Gasteiger partial charge in [0.2, 0.25) is 0 Å². The highest BCUT2D eigenvalue weighted by atomic mass is 35.5. The summed E-state index contributed by atoms with van der Waals surface area (Å²) in [5.74, 6) is 0. The van der Waals surface area contributed by atoms with Crippen LogP contribution < -0.4 is 10.5 Å². The first-order chi connectivity index (χ1) is 11.5. The van der Waals surface area contributed by atoms with Gasteiger partial charge in [-0.05, 0) is 26.2 Å². The van der Waals surface area contributed by atoms with Gasteiger partial charge >= 0.3 is 6.09 Å². The zero-order valence-corrected chi connectivity index (χ0v) is 14.3. The predicted molar refractivity (Wildman–Crippen MR) is 88.8 cm³/mol. The largest absolute Gasteiger partial charge is 0.465 e. The Kier molecular flexibility index (Phi) is 4.96. The predicted octanol–water partition coefficient (Wildman–Crippen LogP) is 1.78. The highest BCUT2D eigenvalue weighted by Gasteiger charge is 2.29. The lowest BCUT2D eigenvalue weighted by Crippen LogP contribution is -2.54. The van der Waals surface area contributed by atoms with Crippen LogP contribution in [0.2, 0.25) is 5.02 Å². The Balaban J connectivity index is 1.83. The molecule has 2 atom stereocenters. The third-order valence-electron chi connectivity index (χ3n) is 4.56. The fourth-order valence-electron chi connectivity index (χ4n) is 3.25. The number of anilines is 1. The molecule has 2 aliphatic rings. The molecule has 0 aromatic carbocycles. The molecule has 24 heavy (non-hydrogen) atoms. The normalized spacial score (nSPS) is 24.9. The topological polar surface area (TPSA) is 87.9 Å². The van der Waals surface area contributed by atoms with Crippen LogP contribution >= 0.6 is 11.6 Å². The summed E-state index contributed by atoms with van der Waals surface area (Å²) in [6, 6.07) is -0.0877. The van der Waals surface area contributed by atoms with Crippen molar-refractivity contribution < 1.29 is 14.6 Å². The van der Waals surface area contributed by atoms with Gasteiger partial charge in [0.25, 0.3) is 5.56 Å². The van der Waals surface area contributed by atoms with Crippen LogP contribution in [-0.2, 0) is 4.74 Å². The Bertz CT molecular complexity index is 674. The van der Waals surface area contributed by atoms with Gasteiger partial charge < -0.3 is 19.6 Å². The number of piperazine rings is 1. The lowest BCUT2D eigenvalue weighted by atomic mass is 10.1. The fraction of sp³-hybridized carbons (Fsp3) is 0.667. The van der Waals surface area contributed by atoms with Crippen molar-refractivity contribution in [1.29, 1.82) is 0 Å². The van der Waals surface area contributed by atoms with E-state index in [9.17, 15) is 9.59 Å². The van der Waals surface area contributed by atoms with Gasteiger partial charge in [-0.1, -0.05) is 11.6 Å². The van der Waals surface area contributed by atoms with E-state index in [1.54, 1.807) is 6.20 Å². The summed E-state index contributed by atoms with van der Waals surface area (Å²) in [6.45, 7) is 3.72. The van der Waals surface area contributed by atoms with Crippen molar-refractivity contribution in [3.63, 3.8) is 0 Å². The lowest BCUT2D eigenvalue weighted by Gasteiger charge is -2.40. The average molecular weight is 357 g/mol. The Hall–Kier alpha value is -1.80. The second kappa shape index (κ2) is 6.98. The molecule has 1 unspecified atom stereocenters. The van der Waals surface area contributed by atoms with Crippen LogP contribution in [0.4, 0.5) is 10.5 Å². The molecule has 132 valence electrons. The number of amides is 1. The van der Waals surface area contributed by atoms with Crippen molar-refractivity contribution in [3.05, 3.63) is 21.6 Å². The maximum atomic E-state index is 12.6. The SMILES string of the molecule is C[C@@H]1CN(C(=O)O)CCN1c1cnn(C2CCCCO2)c(=O)c1Cl. The number of nitrogens with zero attached hydrogens (tertiary/aromatic N) is 4. The zero-order chi connectivity index (χ0) is 17.3. The van der Waals surface area contributed by atoms with Crippen LogP contribution in [0, 0.1) is 0 Å². The van der Waals surface area contributed by atoms with Crippen LogP contribution in [0.1, 0.15) is 32.4 Å². The number of carbonyl (C=O) groups is 1. The molecule has 1 N–H and O–H groups in total. The molecule has 9 heteroatoms. The first kappa shape index (κ1) is 17.0. The van der Waals surface area contributed by atoms with Gasteiger partial charge in [0.05, 0.1) is 11.9 Å². The van der Waals surface area contributed by atoms with E-state index in [1.807, 2.05) is 11.8 Å². The summed E-state index contributed by atoms with van der Waals surface area (Å²) in [5, 5.41) is 13.4. The number of ether oxygens (including phenoxy) is 1. The van der Waals surface area contributed by atoms with E-state index >= 15 is 0 Å². The van der Waals surface area contributed by atoms with Crippen molar-refractivity contribution in [2.24, 2.45) is 0 Å². The number of aromatic nitrogens is 2. The first-order valence-electron chi connectivity index (χ1n) is 8.12. The maximum absolute atomic E-state index is 12.6. The molecule has 1 aromatic heterocycles. The Morgan fingerprint density at radius 3 is 2.83 bits per heavy atom. The average Bonchev–Trinajstić information content (AvgIpc) is 2.58. The molecule has 3 rings (SSSR count). The first-order valence-corrected chi connectivity index (χ1v) is 8.50. The molecule has 3 heterocycles. The number of hydrogen-bond donors (Lipinski definition) is 1. The highest BCUT2D eigenvalue weighted by Crippen LogP contribution is 2.27. The monoisotopic (exact) mass is 356 g/mol. The van der Waals surface area contributed by atoms with E-state index in [-0.39, 0.29) is 22.9 Å². The highest BCUT2D eigenvalue weighted by molar-refractivity contribution is 6.33. The minimum absolute atomic E-state index is 0.0877. The summed E-state index contributed by atoms with van der Waals surface area (Å²) in [5.41, 5.74) is 0.181. The molecule has 1 amide bonds. The smallest absolute Gasteiger partial charge is 0.407 e. The van der Waals surface area contributed by atoms with E-state index in [2.05, 4.69) is 5.10 Å². The van der Waals surface area contributed by atoms with E-state index in [1.165, 1.54) is 9.58 Å². The molecule has 8 nitrogen and oxygen atoms in total. The van der Waals surface area contributed by atoms with Gasteiger partial charge in [-0.25, -0.2) is 4.79 Å². The summed E-state index contributed by atoms with van der Waals surface area (Å²) < 4.78 is 6.91. The molecule has 2 saturated heterocycles. The summed E-state index contributed by atoms with van der Waals surface area (Å²) in [6.07, 6.45) is 3.01. The Morgan fingerprint density at radius 1 is 1.42 bits per heavy atom. The quantitative estimate of drug-likeness (QED) is 0.869. The minimum atomic E-state index is -0.935. The molecule has 0 bridgehead atoms. The molecule has 0 aliphatic carbocycles. The third kappa shape index (κ3) is 3.21. The summed E-state index contributed by atoms with van der Waals surface area (Å²) in [4.78, 5) is 26.9. The molecule has 0 radical (unpaired) electrons. The second-order valence-corrected chi connectivity index (χ2v) is 6.56. The Labute approximate surface area is 144 Å². The number of rotatable bonds is 2. The zero-order valence-electron chi connectivity index (χ0n) is 13.5. The van der Waals surface area contributed by atoms with E-state index in [4.69, 9.17) is 21.4 Å². The second-order valence-electron chi connectivity index (χ2n) is 6.19. The van der Waals surface area contributed by atoms with Crippen molar-refractivity contribution in [3.8, 4) is 0 Å². The van der Waals surface area contributed by atoms with Gasteiger partial charge in [-0.3, -0.25) is 4.79 Å².